The van der Waals surface area contributed by atoms with Gasteiger partial charge >= 0.3 is 0 Å². The van der Waals surface area contributed by atoms with Crippen LogP contribution in [-0.4, -0.2) is 35.0 Å². The SMILES string of the molecule is Cc1nc(CN(C)S(=O)(=O)c2ccccc2C)n[nH]1. The van der Waals surface area contributed by atoms with Gasteiger partial charge in [0.15, 0.2) is 5.82 Å². The van der Waals surface area contributed by atoms with E-state index >= 15 is 0 Å². The second-order valence-corrected chi connectivity index (χ2v) is 6.38. The fraction of sp³-hybridized carbons (Fsp3) is 0.333. The van der Waals surface area contributed by atoms with Gasteiger partial charge in [0, 0.05) is 7.05 Å². The molecule has 7 heteroatoms. The Morgan fingerprint density at radius 3 is 2.53 bits per heavy atom. The van der Waals surface area contributed by atoms with Gasteiger partial charge in [-0.3, -0.25) is 5.10 Å². The van der Waals surface area contributed by atoms with E-state index in [1.54, 1.807) is 32.0 Å². The van der Waals surface area contributed by atoms with Gasteiger partial charge in [-0.05, 0) is 25.5 Å². The smallest absolute Gasteiger partial charge is 0.243 e. The molecule has 2 aromatic rings. The Kier molecular flexibility index (Phi) is 3.68. The van der Waals surface area contributed by atoms with E-state index in [1.807, 2.05) is 6.07 Å². The molecule has 19 heavy (non-hydrogen) atoms. The van der Waals surface area contributed by atoms with Crippen molar-refractivity contribution in [3.8, 4) is 0 Å². The van der Waals surface area contributed by atoms with Gasteiger partial charge in [0.2, 0.25) is 10.0 Å². The van der Waals surface area contributed by atoms with Gasteiger partial charge in [-0.2, -0.15) is 9.40 Å². The van der Waals surface area contributed by atoms with Crippen molar-refractivity contribution >= 4 is 10.0 Å². The maximum Gasteiger partial charge on any atom is 0.243 e. The molecule has 1 aromatic carbocycles. The Morgan fingerprint density at radius 2 is 1.95 bits per heavy atom. The van der Waals surface area contributed by atoms with E-state index in [0.717, 1.165) is 5.56 Å². The molecule has 1 aromatic heterocycles. The highest BCUT2D eigenvalue weighted by molar-refractivity contribution is 7.89. The fourth-order valence-corrected chi connectivity index (χ4v) is 3.10. The molecule has 2 rings (SSSR count). The summed E-state index contributed by atoms with van der Waals surface area (Å²) in [4.78, 5) is 4.42. The highest BCUT2D eigenvalue weighted by atomic mass is 32.2. The third-order valence-electron chi connectivity index (χ3n) is 2.79. The molecule has 0 fully saturated rings. The van der Waals surface area contributed by atoms with Crippen molar-refractivity contribution in [2.75, 3.05) is 7.05 Å². The van der Waals surface area contributed by atoms with Crippen LogP contribution in [0.2, 0.25) is 0 Å². The number of sulfonamides is 1. The van der Waals surface area contributed by atoms with Crippen LogP contribution >= 0.6 is 0 Å². The predicted octanol–water partition coefficient (Wildman–Crippen LogP) is 1.24. The van der Waals surface area contributed by atoms with Crippen molar-refractivity contribution in [2.45, 2.75) is 25.3 Å². The topological polar surface area (TPSA) is 79.0 Å². The molecular formula is C12H16N4O2S. The van der Waals surface area contributed by atoms with Crippen LogP contribution in [0.25, 0.3) is 0 Å². The lowest BCUT2D eigenvalue weighted by molar-refractivity contribution is 0.456. The highest BCUT2D eigenvalue weighted by Gasteiger charge is 2.23. The molecular weight excluding hydrogens is 264 g/mol. The van der Waals surface area contributed by atoms with Gasteiger partial charge in [-0.25, -0.2) is 13.4 Å². The van der Waals surface area contributed by atoms with E-state index in [4.69, 9.17) is 0 Å². The lowest BCUT2D eigenvalue weighted by Crippen LogP contribution is -2.27. The summed E-state index contributed by atoms with van der Waals surface area (Å²) < 4.78 is 26.1. The summed E-state index contributed by atoms with van der Waals surface area (Å²) >= 11 is 0. The summed E-state index contributed by atoms with van der Waals surface area (Å²) in [6.07, 6.45) is 0. The molecule has 0 unspecified atom stereocenters. The lowest BCUT2D eigenvalue weighted by Gasteiger charge is -2.16. The van der Waals surface area contributed by atoms with Crippen LogP contribution in [0.4, 0.5) is 0 Å². The van der Waals surface area contributed by atoms with E-state index < -0.39 is 10.0 Å². The number of aryl methyl sites for hydroxylation is 2. The lowest BCUT2D eigenvalue weighted by atomic mass is 10.2. The summed E-state index contributed by atoms with van der Waals surface area (Å²) in [5.41, 5.74) is 0.723. The van der Waals surface area contributed by atoms with E-state index in [2.05, 4.69) is 15.2 Å². The Bertz CT molecular complexity index is 679. The van der Waals surface area contributed by atoms with E-state index in [-0.39, 0.29) is 6.54 Å². The van der Waals surface area contributed by atoms with Gasteiger partial charge in [0.1, 0.15) is 5.82 Å². The quantitative estimate of drug-likeness (QED) is 0.914. The van der Waals surface area contributed by atoms with Crippen molar-refractivity contribution in [2.24, 2.45) is 0 Å². The van der Waals surface area contributed by atoms with Crippen LogP contribution in [-0.2, 0) is 16.6 Å². The molecule has 0 amide bonds. The number of aromatic amines is 1. The van der Waals surface area contributed by atoms with Crippen LogP contribution in [0.5, 0.6) is 0 Å². The molecule has 0 aliphatic carbocycles. The second-order valence-electron chi connectivity index (χ2n) is 4.36. The Morgan fingerprint density at radius 1 is 1.26 bits per heavy atom. The van der Waals surface area contributed by atoms with Crippen LogP contribution < -0.4 is 0 Å². The minimum absolute atomic E-state index is 0.140. The molecule has 1 N–H and O–H groups in total. The van der Waals surface area contributed by atoms with Crippen molar-refractivity contribution in [3.05, 3.63) is 41.5 Å². The highest BCUT2D eigenvalue weighted by Crippen LogP contribution is 2.19. The first-order chi connectivity index (χ1) is 8.91. The number of benzene rings is 1. The average Bonchev–Trinajstić information content (AvgIpc) is 2.75. The minimum atomic E-state index is -3.52. The number of rotatable bonds is 4. The zero-order chi connectivity index (χ0) is 14.0. The van der Waals surface area contributed by atoms with Crippen LogP contribution in [0.3, 0.4) is 0 Å². The molecule has 0 aliphatic heterocycles. The van der Waals surface area contributed by atoms with Crippen molar-refractivity contribution < 1.29 is 8.42 Å². The molecule has 0 saturated carbocycles. The van der Waals surface area contributed by atoms with Crippen molar-refractivity contribution in [3.63, 3.8) is 0 Å². The summed E-state index contributed by atoms with van der Waals surface area (Å²) in [5, 5.41) is 6.64. The molecule has 102 valence electrons. The summed E-state index contributed by atoms with van der Waals surface area (Å²) in [6.45, 7) is 3.69. The third-order valence-corrected chi connectivity index (χ3v) is 4.75. The summed E-state index contributed by atoms with van der Waals surface area (Å²) in [7, 11) is -2.00. The molecule has 0 radical (unpaired) electrons. The van der Waals surface area contributed by atoms with Crippen molar-refractivity contribution in [1.29, 1.82) is 0 Å². The molecule has 6 nitrogen and oxygen atoms in total. The van der Waals surface area contributed by atoms with E-state index in [0.29, 0.717) is 16.5 Å². The molecule has 1 heterocycles. The standard InChI is InChI=1S/C12H16N4O2S/c1-9-6-4-5-7-11(9)19(17,18)16(3)8-12-13-10(2)14-15-12/h4-7H,8H2,1-3H3,(H,13,14,15). The van der Waals surface area contributed by atoms with E-state index in [1.165, 1.54) is 11.4 Å². The monoisotopic (exact) mass is 280 g/mol. The molecule has 0 saturated heterocycles. The van der Waals surface area contributed by atoms with Crippen LogP contribution in [0.15, 0.2) is 29.2 Å². The molecule has 0 atom stereocenters. The van der Waals surface area contributed by atoms with Gasteiger partial charge in [-0.15, -0.1) is 0 Å². The number of nitrogens with one attached hydrogen (secondary N) is 1. The largest absolute Gasteiger partial charge is 0.263 e. The number of nitrogens with zero attached hydrogens (tertiary/aromatic N) is 3. The van der Waals surface area contributed by atoms with Crippen LogP contribution in [0, 0.1) is 13.8 Å². The van der Waals surface area contributed by atoms with Gasteiger partial charge < -0.3 is 0 Å². The van der Waals surface area contributed by atoms with Gasteiger partial charge in [-0.1, -0.05) is 18.2 Å². The second kappa shape index (κ2) is 5.10. The maximum atomic E-state index is 12.4. The molecule has 0 bridgehead atoms. The van der Waals surface area contributed by atoms with Crippen LogP contribution in [0.1, 0.15) is 17.2 Å². The summed E-state index contributed by atoms with van der Waals surface area (Å²) in [6, 6.07) is 6.90. The Labute approximate surface area is 112 Å². The van der Waals surface area contributed by atoms with E-state index in [9.17, 15) is 8.42 Å². The Balaban J connectivity index is 2.27. The first-order valence-corrected chi connectivity index (χ1v) is 7.25. The van der Waals surface area contributed by atoms with Gasteiger partial charge in [0.25, 0.3) is 0 Å². The summed E-state index contributed by atoms with van der Waals surface area (Å²) in [5.74, 6) is 1.12. The number of aromatic nitrogens is 3. The zero-order valence-corrected chi connectivity index (χ0v) is 11.9. The maximum absolute atomic E-state index is 12.4. The van der Waals surface area contributed by atoms with Gasteiger partial charge in [0.05, 0.1) is 11.4 Å². The number of H-pyrrole nitrogens is 1. The minimum Gasteiger partial charge on any atom is -0.263 e. The third kappa shape index (κ3) is 2.82. The number of hydrogen-bond donors (Lipinski definition) is 1. The zero-order valence-electron chi connectivity index (χ0n) is 11.1. The fourth-order valence-electron chi connectivity index (χ4n) is 1.76. The molecule has 0 aliphatic rings. The first-order valence-electron chi connectivity index (χ1n) is 5.81. The average molecular weight is 280 g/mol. The number of hydrogen-bond acceptors (Lipinski definition) is 4. The predicted molar refractivity (Wildman–Crippen MR) is 71.0 cm³/mol. The molecule has 0 spiro atoms. The Hall–Kier alpha value is -1.73. The first kappa shape index (κ1) is 13.7. The van der Waals surface area contributed by atoms with Crippen molar-refractivity contribution in [1.82, 2.24) is 19.5 Å². The normalized spacial score (nSPS) is 12.0.